The molecule has 0 unspecified atom stereocenters. The van der Waals surface area contributed by atoms with Crippen LogP contribution in [0.1, 0.15) is 0 Å². The Morgan fingerprint density at radius 3 is 2.82 bits per heavy atom. The molecule has 0 spiro atoms. The van der Waals surface area contributed by atoms with E-state index in [0.29, 0.717) is 30.3 Å². The van der Waals surface area contributed by atoms with Crippen molar-refractivity contribution in [2.75, 3.05) is 20.3 Å². The van der Waals surface area contributed by atoms with Crippen LogP contribution in [0.5, 0.6) is 5.75 Å². The second-order valence-electron chi connectivity index (χ2n) is 3.46. The van der Waals surface area contributed by atoms with Crippen LogP contribution in [0.25, 0.3) is 11.3 Å². The van der Waals surface area contributed by atoms with Crippen LogP contribution in [0.4, 0.5) is 4.39 Å². The molecular formula is C13H13FO3. The van der Waals surface area contributed by atoms with Crippen LogP contribution in [-0.4, -0.2) is 20.3 Å². The standard InChI is InChI=1S/C13H13FO3/c1-15-7-8-17-13-5-4-10(14)9-11(13)12-3-2-6-16-12/h2-6,9H,7-8H2,1H3. The van der Waals surface area contributed by atoms with E-state index in [1.807, 2.05) is 0 Å². The van der Waals surface area contributed by atoms with Gasteiger partial charge in [-0.2, -0.15) is 0 Å². The maximum atomic E-state index is 13.2. The van der Waals surface area contributed by atoms with Crippen molar-refractivity contribution in [3.63, 3.8) is 0 Å². The zero-order valence-electron chi connectivity index (χ0n) is 9.48. The summed E-state index contributed by atoms with van der Waals surface area (Å²) in [6, 6.07) is 7.84. The van der Waals surface area contributed by atoms with Gasteiger partial charge in [0.2, 0.25) is 0 Å². The predicted octanol–water partition coefficient (Wildman–Crippen LogP) is 3.11. The van der Waals surface area contributed by atoms with E-state index in [9.17, 15) is 4.39 Å². The Morgan fingerprint density at radius 2 is 2.12 bits per heavy atom. The molecule has 4 heteroatoms. The molecule has 2 rings (SSSR count). The first kappa shape index (κ1) is 11.7. The van der Waals surface area contributed by atoms with Crippen LogP contribution in [-0.2, 0) is 4.74 Å². The minimum absolute atomic E-state index is 0.324. The molecule has 0 bridgehead atoms. The number of hydrogen-bond donors (Lipinski definition) is 0. The van der Waals surface area contributed by atoms with Crippen LogP contribution >= 0.6 is 0 Å². The maximum Gasteiger partial charge on any atom is 0.137 e. The third-order valence-electron chi connectivity index (χ3n) is 2.27. The summed E-state index contributed by atoms with van der Waals surface area (Å²) in [4.78, 5) is 0. The topological polar surface area (TPSA) is 31.6 Å². The van der Waals surface area contributed by atoms with Gasteiger partial charge >= 0.3 is 0 Å². The van der Waals surface area contributed by atoms with Gasteiger partial charge in [0, 0.05) is 7.11 Å². The highest BCUT2D eigenvalue weighted by molar-refractivity contribution is 5.65. The molecule has 0 radical (unpaired) electrons. The maximum absolute atomic E-state index is 13.2. The number of hydrogen-bond acceptors (Lipinski definition) is 3. The highest BCUT2D eigenvalue weighted by Crippen LogP contribution is 2.31. The number of furan rings is 1. The highest BCUT2D eigenvalue weighted by Gasteiger charge is 2.10. The SMILES string of the molecule is COCCOc1ccc(F)cc1-c1ccco1. The summed E-state index contributed by atoms with van der Waals surface area (Å²) in [6.07, 6.45) is 1.54. The number of benzene rings is 1. The lowest BCUT2D eigenvalue weighted by Crippen LogP contribution is -2.05. The number of rotatable bonds is 5. The predicted molar refractivity (Wildman–Crippen MR) is 61.5 cm³/mol. The zero-order valence-corrected chi connectivity index (χ0v) is 9.48. The van der Waals surface area contributed by atoms with Crippen LogP contribution in [0.15, 0.2) is 41.0 Å². The van der Waals surface area contributed by atoms with E-state index < -0.39 is 0 Å². The van der Waals surface area contributed by atoms with E-state index in [1.165, 1.54) is 12.1 Å². The van der Waals surface area contributed by atoms with Crippen molar-refractivity contribution in [1.82, 2.24) is 0 Å². The van der Waals surface area contributed by atoms with Gasteiger partial charge in [-0.05, 0) is 30.3 Å². The zero-order chi connectivity index (χ0) is 12.1. The normalized spacial score (nSPS) is 10.5. The van der Waals surface area contributed by atoms with Gasteiger partial charge in [0.15, 0.2) is 0 Å². The Labute approximate surface area is 98.8 Å². The molecule has 0 saturated carbocycles. The number of methoxy groups -OCH3 is 1. The average molecular weight is 236 g/mol. The summed E-state index contributed by atoms with van der Waals surface area (Å²) in [5, 5.41) is 0. The molecule has 1 aromatic heterocycles. The van der Waals surface area contributed by atoms with E-state index >= 15 is 0 Å². The van der Waals surface area contributed by atoms with Crippen molar-refractivity contribution in [1.29, 1.82) is 0 Å². The van der Waals surface area contributed by atoms with Gasteiger partial charge in [0.25, 0.3) is 0 Å². The van der Waals surface area contributed by atoms with Crippen LogP contribution < -0.4 is 4.74 Å². The minimum Gasteiger partial charge on any atom is -0.490 e. The van der Waals surface area contributed by atoms with Crippen LogP contribution in [0, 0.1) is 5.82 Å². The van der Waals surface area contributed by atoms with E-state index in [2.05, 4.69) is 0 Å². The Bertz CT molecular complexity index is 466. The molecule has 0 atom stereocenters. The van der Waals surface area contributed by atoms with Gasteiger partial charge in [-0.3, -0.25) is 0 Å². The third kappa shape index (κ3) is 2.85. The summed E-state index contributed by atoms with van der Waals surface area (Å²) in [6.45, 7) is 0.894. The van der Waals surface area contributed by atoms with Gasteiger partial charge in [-0.1, -0.05) is 0 Å². The first-order chi connectivity index (χ1) is 8.31. The third-order valence-corrected chi connectivity index (χ3v) is 2.27. The molecule has 0 aliphatic heterocycles. The smallest absolute Gasteiger partial charge is 0.137 e. The van der Waals surface area contributed by atoms with Gasteiger partial charge in [-0.25, -0.2) is 4.39 Å². The molecule has 0 fully saturated rings. The van der Waals surface area contributed by atoms with Gasteiger partial charge in [0.05, 0.1) is 18.4 Å². The van der Waals surface area contributed by atoms with Crippen molar-refractivity contribution in [3.05, 3.63) is 42.4 Å². The molecule has 0 saturated heterocycles. The van der Waals surface area contributed by atoms with Crippen molar-refractivity contribution < 1.29 is 18.3 Å². The molecule has 2 aromatic rings. The first-order valence-electron chi connectivity index (χ1n) is 5.26. The summed E-state index contributed by atoms with van der Waals surface area (Å²) < 4.78 is 28.8. The molecule has 0 amide bonds. The summed E-state index contributed by atoms with van der Waals surface area (Å²) in [5.74, 6) is 0.839. The fraction of sp³-hybridized carbons (Fsp3) is 0.231. The van der Waals surface area contributed by atoms with Crippen molar-refractivity contribution >= 4 is 0 Å². The Kier molecular flexibility index (Phi) is 3.77. The molecule has 90 valence electrons. The fourth-order valence-electron chi connectivity index (χ4n) is 1.49. The molecule has 0 aliphatic rings. The van der Waals surface area contributed by atoms with E-state index in [1.54, 1.807) is 31.6 Å². The molecular weight excluding hydrogens is 223 g/mol. The summed E-state index contributed by atoms with van der Waals surface area (Å²) >= 11 is 0. The Balaban J connectivity index is 2.25. The summed E-state index contributed by atoms with van der Waals surface area (Å²) in [5.41, 5.74) is 0.603. The van der Waals surface area contributed by atoms with Gasteiger partial charge in [-0.15, -0.1) is 0 Å². The largest absolute Gasteiger partial charge is 0.490 e. The fourth-order valence-corrected chi connectivity index (χ4v) is 1.49. The number of ether oxygens (including phenoxy) is 2. The lowest BCUT2D eigenvalue weighted by molar-refractivity contribution is 0.146. The molecule has 1 heterocycles. The van der Waals surface area contributed by atoms with Crippen LogP contribution in [0.2, 0.25) is 0 Å². The first-order valence-corrected chi connectivity index (χ1v) is 5.26. The monoisotopic (exact) mass is 236 g/mol. The number of halogens is 1. The van der Waals surface area contributed by atoms with Crippen molar-refractivity contribution in [2.45, 2.75) is 0 Å². The highest BCUT2D eigenvalue weighted by atomic mass is 19.1. The molecule has 3 nitrogen and oxygen atoms in total. The lowest BCUT2D eigenvalue weighted by atomic mass is 10.1. The molecule has 1 aromatic carbocycles. The quantitative estimate of drug-likeness (QED) is 0.747. The lowest BCUT2D eigenvalue weighted by Gasteiger charge is -2.09. The van der Waals surface area contributed by atoms with E-state index in [-0.39, 0.29) is 5.82 Å². The molecule has 17 heavy (non-hydrogen) atoms. The van der Waals surface area contributed by atoms with Gasteiger partial charge in [0.1, 0.15) is 23.9 Å². The van der Waals surface area contributed by atoms with Crippen molar-refractivity contribution in [2.24, 2.45) is 0 Å². The van der Waals surface area contributed by atoms with Crippen molar-refractivity contribution in [3.8, 4) is 17.1 Å². The van der Waals surface area contributed by atoms with E-state index in [4.69, 9.17) is 13.9 Å². The Hall–Kier alpha value is -1.81. The second kappa shape index (κ2) is 5.50. The van der Waals surface area contributed by atoms with Crippen LogP contribution in [0.3, 0.4) is 0 Å². The average Bonchev–Trinajstić information content (AvgIpc) is 2.85. The molecule has 0 aliphatic carbocycles. The van der Waals surface area contributed by atoms with Gasteiger partial charge < -0.3 is 13.9 Å². The minimum atomic E-state index is -0.324. The Morgan fingerprint density at radius 1 is 1.24 bits per heavy atom. The second-order valence-corrected chi connectivity index (χ2v) is 3.46. The summed E-state index contributed by atoms with van der Waals surface area (Å²) in [7, 11) is 1.60. The molecule has 0 N–H and O–H groups in total. The van der Waals surface area contributed by atoms with E-state index in [0.717, 1.165) is 0 Å².